The van der Waals surface area contributed by atoms with Gasteiger partial charge in [0.1, 0.15) is 5.71 Å². The highest BCUT2D eigenvalue weighted by Gasteiger charge is 2.22. The van der Waals surface area contributed by atoms with Crippen LogP contribution in [-0.2, 0) is 11.3 Å². The van der Waals surface area contributed by atoms with Gasteiger partial charge >= 0.3 is 0 Å². The molecule has 94 valence electrons. The Kier molecular flexibility index (Phi) is 2.76. The summed E-state index contributed by atoms with van der Waals surface area (Å²) in [6.07, 6.45) is 0. The molecule has 0 saturated heterocycles. The summed E-state index contributed by atoms with van der Waals surface area (Å²) in [6, 6.07) is 14.9. The summed E-state index contributed by atoms with van der Waals surface area (Å²) in [7, 11) is 0. The van der Waals surface area contributed by atoms with Gasteiger partial charge in [0.15, 0.2) is 0 Å². The van der Waals surface area contributed by atoms with Gasteiger partial charge in [0.05, 0.1) is 6.54 Å². The number of benzene rings is 2. The second-order valence-electron chi connectivity index (χ2n) is 4.40. The molecule has 0 unspecified atom stereocenters. The standard InChI is InChI=1S/C15H13N3O/c16-11-7-6-10-9-17-14(13(10)8-11)15(19)18-12-4-2-1-3-5-12/h1-8H,9,16H2,(H,18,19). The maximum absolute atomic E-state index is 12.2. The van der Waals surface area contributed by atoms with Crippen molar-refractivity contribution in [3.05, 3.63) is 59.7 Å². The van der Waals surface area contributed by atoms with Gasteiger partial charge in [0.25, 0.3) is 5.91 Å². The third-order valence-corrected chi connectivity index (χ3v) is 3.04. The van der Waals surface area contributed by atoms with E-state index in [-0.39, 0.29) is 5.91 Å². The summed E-state index contributed by atoms with van der Waals surface area (Å²) in [4.78, 5) is 16.5. The lowest BCUT2D eigenvalue weighted by molar-refractivity contribution is -0.110. The van der Waals surface area contributed by atoms with Gasteiger partial charge in [-0.1, -0.05) is 24.3 Å². The molecular formula is C15H13N3O. The number of para-hydroxylation sites is 1. The van der Waals surface area contributed by atoms with Crippen LogP contribution < -0.4 is 11.1 Å². The number of rotatable bonds is 2. The highest BCUT2D eigenvalue weighted by molar-refractivity contribution is 6.49. The van der Waals surface area contributed by atoms with E-state index in [1.54, 1.807) is 6.07 Å². The van der Waals surface area contributed by atoms with E-state index in [0.29, 0.717) is 17.9 Å². The lowest BCUT2D eigenvalue weighted by Crippen LogP contribution is -2.22. The topological polar surface area (TPSA) is 67.5 Å². The Morgan fingerprint density at radius 2 is 1.95 bits per heavy atom. The molecule has 3 rings (SSSR count). The third kappa shape index (κ3) is 2.20. The number of nitrogen functional groups attached to an aromatic ring is 1. The predicted octanol–water partition coefficient (Wildman–Crippen LogP) is 2.21. The molecule has 2 aromatic rings. The van der Waals surface area contributed by atoms with Gasteiger partial charge in [0, 0.05) is 16.9 Å². The van der Waals surface area contributed by atoms with Gasteiger partial charge in [-0.25, -0.2) is 0 Å². The average Bonchev–Trinajstić information content (AvgIpc) is 2.82. The molecular weight excluding hydrogens is 238 g/mol. The number of anilines is 2. The van der Waals surface area contributed by atoms with E-state index in [4.69, 9.17) is 5.73 Å². The number of hydrogen-bond donors (Lipinski definition) is 2. The van der Waals surface area contributed by atoms with Crippen molar-refractivity contribution in [2.45, 2.75) is 6.54 Å². The van der Waals surface area contributed by atoms with Gasteiger partial charge in [-0.15, -0.1) is 0 Å². The number of nitrogens with one attached hydrogen (secondary N) is 1. The van der Waals surface area contributed by atoms with Crippen LogP contribution in [0, 0.1) is 0 Å². The molecule has 0 saturated carbocycles. The van der Waals surface area contributed by atoms with Crippen LogP contribution in [0.1, 0.15) is 11.1 Å². The lowest BCUT2D eigenvalue weighted by Gasteiger charge is -2.06. The quantitative estimate of drug-likeness (QED) is 0.803. The Morgan fingerprint density at radius 3 is 2.74 bits per heavy atom. The minimum Gasteiger partial charge on any atom is -0.399 e. The monoisotopic (exact) mass is 251 g/mol. The Hall–Kier alpha value is -2.62. The zero-order chi connectivity index (χ0) is 13.2. The van der Waals surface area contributed by atoms with Crippen molar-refractivity contribution in [2.75, 3.05) is 11.1 Å². The van der Waals surface area contributed by atoms with E-state index in [0.717, 1.165) is 16.8 Å². The predicted molar refractivity (Wildman–Crippen MR) is 76.2 cm³/mol. The van der Waals surface area contributed by atoms with Gasteiger partial charge in [-0.2, -0.15) is 0 Å². The zero-order valence-corrected chi connectivity index (χ0v) is 10.3. The number of carbonyl (C=O) groups is 1. The molecule has 0 aliphatic carbocycles. The largest absolute Gasteiger partial charge is 0.399 e. The molecule has 0 aromatic heterocycles. The minimum atomic E-state index is -0.199. The van der Waals surface area contributed by atoms with E-state index in [1.165, 1.54) is 0 Å². The van der Waals surface area contributed by atoms with E-state index in [9.17, 15) is 4.79 Å². The van der Waals surface area contributed by atoms with Crippen molar-refractivity contribution in [3.8, 4) is 0 Å². The maximum atomic E-state index is 12.2. The molecule has 0 atom stereocenters. The number of carbonyl (C=O) groups excluding carboxylic acids is 1. The molecule has 4 heteroatoms. The van der Waals surface area contributed by atoms with Gasteiger partial charge < -0.3 is 11.1 Å². The van der Waals surface area contributed by atoms with E-state index in [2.05, 4.69) is 10.3 Å². The first kappa shape index (κ1) is 11.5. The lowest BCUT2D eigenvalue weighted by atomic mass is 10.0. The van der Waals surface area contributed by atoms with Crippen LogP contribution in [0.5, 0.6) is 0 Å². The van der Waals surface area contributed by atoms with Gasteiger partial charge in [0.2, 0.25) is 0 Å². The second kappa shape index (κ2) is 4.57. The van der Waals surface area contributed by atoms with E-state index >= 15 is 0 Å². The van der Waals surface area contributed by atoms with Crippen LogP contribution in [0.2, 0.25) is 0 Å². The Labute approximate surface area is 111 Å². The van der Waals surface area contributed by atoms with Crippen molar-refractivity contribution < 1.29 is 4.79 Å². The molecule has 1 heterocycles. The maximum Gasteiger partial charge on any atom is 0.274 e. The molecule has 1 amide bonds. The Bertz CT molecular complexity index is 662. The van der Waals surface area contributed by atoms with Crippen molar-refractivity contribution in [1.82, 2.24) is 0 Å². The van der Waals surface area contributed by atoms with Gasteiger partial charge in [-0.05, 0) is 29.8 Å². The molecule has 1 aliphatic heterocycles. The Balaban J connectivity index is 1.86. The highest BCUT2D eigenvalue weighted by atomic mass is 16.1. The summed E-state index contributed by atoms with van der Waals surface area (Å²) < 4.78 is 0. The van der Waals surface area contributed by atoms with E-state index in [1.807, 2.05) is 42.5 Å². The van der Waals surface area contributed by atoms with Crippen LogP contribution >= 0.6 is 0 Å². The summed E-state index contributed by atoms with van der Waals surface area (Å²) in [5.41, 5.74) is 9.47. The number of amides is 1. The number of nitrogens with zero attached hydrogens (tertiary/aromatic N) is 1. The van der Waals surface area contributed by atoms with Crippen molar-refractivity contribution in [2.24, 2.45) is 4.99 Å². The fourth-order valence-corrected chi connectivity index (χ4v) is 2.11. The summed E-state index contributed by atoms with van der Waals surface area (Å²) >= 11 is 0. The second-order valence-corrected chi connectivity index (χ2v) is 4.40. The SMILES string of the molecule is Nc1ccc2c(c1)C(C(=O)Nc1ccccc1)=NC2. The summed E-state index contributed by atoms with van der Waals surface area (Å²) in [5.74, 6) is -0.199. The molecule has 0 bridgehead atoms. The zero-order valence-electron chi connectivity index (χ0n) is 10.3. The van der Waals surface area contributed by atoms with Crippen molar-refractivity contribution in [3.63, 3.8) is 0 Å². The van der Waals surface area contributed by atoms with Crippen LogP contribution in [0.4, 0.5) is 11.4 Å². The average molecular weight is 251 g/mol. The summed E-state index contributed by atoms with van der Waals surface area (Å²) in [6.45, 7) is 0.535. The first-order chi connectivity index (χ1) is 9.24. The first-order valence-corrected chi connectivity index (χ1v) is 6.03. The smallest absolute Gasteiger partial charge is 0.274 e. The molecule has 19 heavy (non-hydrogen) atoms. The molecule has 0 radical (unpaired) electrons. The molecule has 4 nitrogen and oxygen atoms in total. The summed E-state index contributed by atoms with van der Waals surface area (Å²) in [5, 5.41) is 2.83. The normalized spacial score (nSPS) is 12.7. The number of hydrogen-bond acceptors (Lipinski definition) is 3. The molecule has 3 N–H and O–H groups in total. The van der Waals surface area contributed by atoms with E-state index < -0.39 is 0 Å². The number of aliphatic imine (C=N–C) groups is 1. The molecule has 2 aromatic carbocycles. The van der Waals surface area contributed by atoms with Crippen LogP contribution in [0.15, 0.2) is 53.5 Å². The number of fused-ring (bicyclic) bond motifs is 1. The Morgan fingerprint density at radius 1 is 1.16 bits per heavy atom. The van der Waals surface area contributed by atoms with Crippen LogP contribution in [0.3, 0.4) is 0 Å². The van der Waals surface area contributed by atoms with Crippen LogP contribution in [0.25, 0.3) is 0 Å². The van der Waals surface area contributed by atoms with Crippen molar-refractivity contribution in [1.29, 1.82) is 0 Å². The van der Waals surface area contributed by atoms with Gasteiger partial charge in [-0.3, -0.25) is 9.79 Å². The molecule has 1 aliphatic rings. The van der Waals surface area contributed by atoms with Crippen molar-refractivity contribution >= 4 is 23.0 Å². The first-order valence-electron chi connectivity index (χ1n) is 6.03. The molecule has 0 fully saturated rings. The van der Waals surface area contributed by atoms with Crippen LogP contribution in [-0.4, -0.2) is 11.6 Å². The fraction of sp³-hybridized carbons (Fsp3) is 0.0667. The minimum absolute atomic E-state index is 0.199. The fourth-order valence-electron chi connectivity index (χ4n) is 2.11. The highest BCUT2D eigenvalue weighted by Crippen LogP contribution is 2.22. The molecule has 0 spiro atoms. The number of nitrogens with two attached hydrogens (primary N) is 1. The third-order valence-electron chi connectivity index (χ3n) is 3.04.